The number of aliphatic hydroxyl groups excluding tert-OH is 1. The number of aromatic nitrogens is 4. The van der Waals surface area contributed by atoms with Crippen LogP contribution in [-0.2, 0) is 31.1 Å². The fourth-order valence-corrected chi connectivity index (χ4v) is 3.81. The molecule has 0 aliphatic carbocycles. The topological polar surface area (TPSA) is 101 Å². The van der Waals surface area contributed by atoms with Crippen molar-refractivity contribution in [2.75, 3.05) is 19.8 Å². The summed E-state index contributed by atoms with van der Waals surface area (Å²) in [5, 5.41) is 8.89. The number of halogens is 3. The van der Waals surface area contributed by atoms with E-state index in [0.29, 0.717) is 0 Å². The lowest BCUT2D eigenvalue weighted by atomic mass is 10.1. The quantitative estimate of drug-likeness (QED) is 0.342. The number of fused-ring (bicyclic) bond motifs is 1. The Morgan fingerprint density at radius 3 is 2.43 bits per heavy atom. The molecule has 9 nitrogen and oxygen atoms in total. The van der Waals surface area contributed by atoms with Gasteiger partial charge < -0.3 is 14.6 Å². The van der Waals surface area contributed by atoms with Crippen LogP contribution >= 0.6 is 0 Å². The van der Waals surface area contributed by atoms with Gasteiger partial charge in [-0.2, -0.15) is 18.2 Å². The Hall–Kier alpha value is -3.90. The molecule has 2 heterocycles. The summed E-state index contributed by atoms with van der Waals surface area (Å²) >= 11 is 0. The highest BCUT2D eigenvalue weighted by atomic mass is 19.4. The predicted molar refractivity (Wildman–Crippen MR) is 129 cm³/mol. The number of rotatable bonds is 9. The summed E-state index contributed by atoms with van der Waals surface area (Å²) in [5.41, 5.74) is -0.315. The van der Waals surface area contributed by atoms with Crippen LogP contribution in [0.2, 0.25) is 0 Å². The summed E-state index contributed by atoms with van der Waals surface area (Å²) < 4.78 is 54.3. The Morgan fingerprint density at radius 1 is 1.03 bits per heavy atom. The second kappa shape index (κ2) is 10.6. The maximum absolute atomic E-state index is 13.5. The zero-order valence-corrected chi connectivity index (χ0v) is 20.2. The highest BCUT2D eigenvalue weighted by molar-refractivity contribution is 5.72. The van der Waals surface area contributed by atoms with E-state index in [0.717, 1.165) is 27.8 Å². The van der Waals surface area contributed by atoms with E-state index >= 15 is 0 Å². The molecule has 2 aromatic carbocycles. The first kappa shape index (κ1) is 26.2. The zero-order chi connectivity index (χ0) is 26.7. The van der Waals surface area contributed by atoms with Crippen LogP contribution in [0.3, 0.4) is 0 Å². The molecule has 12 heteroatoms. The molecule has 37 heavy (non-hydrogen) atoms. The van der Waals surface area contributed by atoms with Crippen LogP contribution < -0.4 is 16.0 Å². The summed E-state index contributed by atoms with van der Waals surface area (Å²) in [6, 6.07) is 11.6. The lowest BCUT2D eigenvalue weighted by molar-refractivity contribution is -0.137. The molecular weight excluding hydrogens is 493 g/mol. The maximum Gasteiger partial charge on any atom is 0.416 e. The molecule has 0 saturated heterocycles. The zero-order valence-electron chi connectivity index (χ0n) is 20.2. The Morgan fingerprint density at radius 2 is 1.76 bits per heavy atom. The number of benzene rings is 2. The lowest BCUT2D eigenvalue weighted by Crippen LogP contribution is -2.40. The summed E-state index contributed by atoms with van der Waals surface area (Å²) in [6.45, 7) is 1.83. The molecular formula is C25H25F3N4O5. The second-order valence-corrected chi connectivity index (χ2v) is 8.40. The standard InChI is InChI=1S/C25H25F3N4O5/c1-16-6-8-17(9-7-16)15-32-20-21(30(2)24(35)31(22(20)34)10-12-36-13-11-33)29-23(32)37-19-5-3-4-18(14-19)25(26,27)28/h3-9,14,33H,10-13,15H2,1-2H3. The number of nitrogens with zero attached hydrogens (tertiary/aromatic N) is 4. The third kappa shape index (κ3) is 5.59. The van der Waals surface area contributed by atoms with Crippen LogP contribution in [0.15, 0.2) is 58.1 Å². The van der Waals surface area contributed by atoms with Gasteiger partial charge in [0.05, 0.1) is 38.5 Å². The molecule has 1 N–H and O–H groups in total. The first-order chi connectivity index (χ1) is 17.6. The van der Waals surface area contributed by atoms with E-state index in [1.165, 1.54) is 28.3 Å². The number of hydrogen-bond acceptors (Lipinski definition) is 6. The minimum atomic E-state index is -4.57. The minimum absolute atomic E-state index is 0.0148. The first-order valence-electron chi connectivity index (χ1n) is 11.4. The monoisotopic (exact) mass is 518 g/mol. The van der Waals surface area contributed by atoms with Gasteiger partial charge in [0.25, 0.3) is 5.56 Å². The van der Waals surface area contributed by atoms with Gasteiger partial charge in [-0.15, -0.1) is 0 Å². The normalized spacial score (nSPS) is 11.8. The van der Waals surface area contributed by atoms with Gasteiger partial charge in [-0.25, -0.2) is 4.79 Å². The number of aryl methyl sites for hydroxylation is 2. The van der Waals surface area contributed by atoms with E-state index in [4.69, 9.17) is 14.6 Å². The van der Waals surface area contributed by atoms with Crippen LogP contribution in [0.1, 0.15) is 16.7 Å². The van der Waals surface area contributed by atoms with Gasteiger partial charge >= 0.3 is 17.9 Å². The summed E-state index contributed by atoms with van der Waals surface area (Å²) in [5.74, 6) is -0.127. The van der Waals surface area contributed by atoms with Crippen molar-refractivity contribution >= 4 is 11.2 Å². The van der Waals surface area contributed by atoms with Gasteiger partial charge in [-0.05, 0) is 30.7 Å². The molecule has 2 aromatic heterocycles. The van der Waals surface area contributed by atoms with E-state index in [-0.39, 0.29) is 55.8 Å². The Bertz CT molecular complexity index is 1520. The van der Waals surface area contributed by atoms with Crippen molar-refractivity contribution in [1.29, 1.82) is 0 Å². The molecule has 0 fully saturated rings. The van der Waals surface area contributed by atoms with Gasteiger partial charge in [-0.3, -0.25) is 18.5 Å². The van der Waals surface area contributed by atoms with E-state index in [1.807, 2.05) is 31.2 Å². The minimum Gasteiger partial charge on any atom is -0.425 e. The third-order valence-electron chi connectivity index (χ3n) is 5.72. The Balaban J connectivity index is 1.86. The van der Waals surface area contributed by atoms with Crippen molar-refractivity contribution in [2.24, 2.45) is 7.05 Å². The molecule has 0 aliphatic rings. The second-order valence-electron chi connectivity index (χ2n) is 8.40. The van der Waals surface area contributed by atoms with Crippen molar-refractivity contribution < 1.29 is 27.8 Å². The van der Waals surface area contributed by atoms with Gasteiger partial charge in [0.15, 0.2) is 11.2 Å². The van der Waals surface area contributed by atoms with Crippen molar-refractivity contribution in [3.63, 3.8) is 0 Å². The van der Waals surface area contributed by atoms with E-state index in [2.05, 4.69) is 4.98 Å². The van der Waals surface area contributed by atoms with Gasteiger partial charge in [0.2, 0.25) is 0 Å². The molecule has 196 valence electrons. The van der Waals surface area contributed by atoms with Gasteiger partial charge in [0, 0.05) is 7.05 Å². The highest BCUT2D eigenvalue weighted by Crippen LogP contribution is 2.33. The van der Waals surface area contributed by atoms with Crippen LogP contribution in [0.25, 0.3) is 11.2 Å². The van der Waals surface area contributed by atoms with Crippen molar-refractivity contribution in [1.82, 2.24) is 18.7 Å². The van der Waals surface area contributed by atoms with E-state index < -0.39 is 23.0 Å². The molecule has 4 rings (SSSR count). The average Bonchev–Trinajstić information content (AvgIpc) is 3.21. The molecule has 4 aromatic rings. The van der Waals surface area contributed by atoms with Crippen molar-refractivity contribution in [3.8, 4) is 11.8 Å². The molecule has 0 amide bonds. The lowest BCUT2D eigenvalue weighted by Gasteiger charge is -2.12. The molecule has 0 radical (unpaired) electrons. The number of imidazole rings is 1. The van der Waals surface area contributed by atoms with Crippen LogP contribution in [0, 0.1) is 6.92 Å². The fraction of sp³-hybridized carbons (Fsp3) is 0.320. The molecule has 0 spiro atoms. The number of aliphatic hydroxyl groups is 1. The van der Waals surface area contributed by atoms with Crippen LogP contribution in [0.4, 0.5) is 13.2 Å². The van der Waals surface area contributed by atoms with E-state index in [9.17, 15) is 22.8 Å². The summed E-state index contributed by atoms with van der Waals surface area (Å²) in [6.07, 6.45) is -4.57. The van der Waals surface area contributed by atoms with Crippen molar-refractivity contribution in [3.05, 3.63) is 86.1 Å². The number of alkyl halides is 3. The molecule has 0 bridgehead atoms. The van der Waals surface area contributed by atoms with Gasteiger partial charge in [-0.1, -0.05) is 35.9 Å². The smallest absolute Gasteiger partial charge is 0.416 e. The molecule has 0 unspecified atom stereocenters. The van der Waals surface area contributed by atoms with Gasteiger partial charge in [0.1, 0.15) is 5.75 Å². The largest absolute Gasteiger partial charge is 0.425 e. The maximum atomic E-state index is 13.5. The number of ether oxygens (including phenoxy) is 2. The number of hydrogen-bond donors (Lipinski definition) is 1. The Kier molecular flexibility index (Phi) is 7.50. The fourth-order valence-electron chi connectivity index (χ4n) is 3.81. The SMILES string of the molecule is Cc1ccc(Cn2c(Oc3cccc(C(F)(F)F)c3)nc3c2c(=O)n(CCOCCO)c(=O)n3C)cc1. The Labute approximate surface area is 208 Å². The third-order valence-corrected chi connectivity index (χ3v) is 5.72. The van der Waals surface area contributed by atoms with Crippen molar-refractivity contribution in [2.45, 2.75) is 26.2 Å². The molecule has 0 atom stereocenters. The van der Waals surface area contributed by atoms with Crippen LogP contribution in [-0.4, -0.2) is 43.6 Å². The summed E-state index contributed by atoms with van der Waals surface area (Å²) in [4.78, 5) is 30.7. The summed E-state index contributed by atoms with van der Waals surface area (Å²) in [7, 11) is 1.44. The molecule has 0 aliphatic heterocycles. The highest BCUT2D eigenvalue weighted by Gasteiger charge is 2.31. The molecule has 0 saturated carbocycles. The van der Waals surface area contributed by atoms with E-state index in [1.54, 1.807) is 0 Å². The predicted octanol–water partition coefficient (Wildman–Crippen LogP) is 3.07. The van der Waals surface area contributed by atoms with Crippen LogP contribution in [0.5, 0.6) is 11.8 Å². The first-order valence-corrected chi connectivity index (χ1v) is 11.4. The average molecular weight is 518 g/mol.